The number of carboxylic acid groups (broad SMARTS) is 1. The Morgan fingerprint density at radius 2 is 1.88 bits per heavy atom. The van der Waals surface area contributed by atoms with E-state index in [1.165, 1.54) is 0 Å². The highest BCUT2D eigenvalue weighted by Gasteiger charge is 2.54. The van der Waals surface area contributed by atoms with Gasteiger partial charge in [0.05, 0.1) is 5.92 Å². The second kappa shape index (κ2) is 3.36. The molecule has 0 spiro atoms. The molecule has 0 bridgehead atoms. The van der Waals surface area contributed by atoms with Gasteiger partial charge in [-0.3, -0.25) is 9.59 Å². The highest BCUT2D eigenvalue weighted by Crippen LogP contribution is 2.46. The van der Waals surface area contributed by atoms with Gasteiger partial charge in [0.15, 0.2) is 0 Å². The molecule has 0 aromatic heterocycles. The predicted octanol–water partition coefficient (Wildman–Crippen LogP) is 0.728. The highest BCUT2D eigenvalue weighted by molar-refractivity contribution is 5.82. The van der Waals surface area contributed by atoms with Crippen molar-refractivity contribution in [2.75, 3.05) is 13.1 Å². The van der Waals surface area contributed by atoms with Gasteiger partial charge in [0, 0.05) is 13.1 Å². The fraction of sp³-hybridized carbons (Fsp3) is 0.778. The average Bonchev–Trinajstić information content (AvgIpc) is 2.41. The summed E-state index contributed by atoms with van der Waals surface area (Å²) in [5.74, 6) is -3.80. The van der Waals surface area contributed by atoms with Gasteiger partial charge in [-0.25, -0.2) is 0 Å². The number of fused-ring (bicyclic) bond motifs is 1. The van der Waals surface area contributed by atoms with Crippen LogP contribution in [0.5, 0.6) is 0 Å². The smallest absolute Gasteiger partial charge is 0.471 e. The van der Waals surface area contributed by atoms with Crippen LogP contribution in [-0.4, -0.2) is 41.1 Å². The first kappa shape index (κ1) is 11.2. The predicted molar refractivity (Wildman–Crippen MR) is 45.4 cm³/mol. The van der Waals surface area contributed by atoms with Crippen LogP contribution in [0.1, 0.15) is 6.42 Å². The lowest BCUT2D eigenvalue weighted by Crippen LogP contribution is -2.41. The zero-order valence-corrected chi connectivity index (χ0v) is 8.20. The normalized spacial score (nSPS) is 33.2. The second-order valence-electron chi connectivity index (χ2n) is 4.31. The molecule has 0 aromatic carbocycles. The number of carboxylic acids is 1. The van der Waals surface area contributed by atoms with Crippen LogP contribution in [0.3, 0.4) is 0 Å². The van der Waals surface area contributed by atoms with Crippen LogP contribution >= 0.6 is 0 Å². The van der Waals surface area contributed by atoms with Crippen molar-refractivity contribution < 1.29 is 27.9 Å². The quantitative estimate of drug-likeness (QED) is 0.731. The lowest BCUT2D eigenvalue weighted by Gasteiger charge is -2.35. The van der Waals surface area contributed by atoms with Gasteiger partial charge >= 0.3 is 18.1 Å². The Bertz CT molecular complexity index is 341. The van der Waals surface area contributed by atoms with Gasteiger partial charge in [0.25, 0.3) is 0 Å². The lowest BCUT2D eigenvalue weighted by atomic mass is 9.67. The Kier molecular flexibility index (Phi) is 2.36. The molecule has 0 aromatic rings. The SMILES string of the molecule is O=C(O)[C@@H]1C[C@H]2CN(C(=O)C(F)(F)F)C[C@H]21. The molecule has 4 nitrogen and oxygen atoms in total. The van der Waals surface area contributed by atoms with E-state index in [0.29, 0.717) is 6.42 Å². The third-order valence-electron chi connectivity index (χ3n) is 3.41. The van der Waals surface area contributed by atoms with Crippen molar-refractivity contribution in [3.8, 4) is 0 Å². The number of carbonyl (C=O) groups excluding carboxylic acids is 1. The molecule has 0 unspecified atom stereocenters. The lowest BCUT2D eigenvalue weighted by molar-refractivity contribution is -0.184. The summed E-state index contributed by atoms with van der Waals surface area (Å²) in [6, 6.07) is 0. The van der Waals surface area contributed by atoms with Crippen molar-refractivity contribution in [2.45, 2.75) is 12.6 Å². The Morgan fingerprint density at radius 3 is 2.38 bits per heavy atom. The summed E-state index contributed by atoms with van der Waals surface area (Å²) in [4.78, 5) is 22.3. The van der Waals surface area contributed by atoms with E-state index >= 15 is 0 Å². The summed E-state index contributed by atoms with van der Waals surface area (Å²) in [7, 11) is 0. The fourth-order valence-corrected chi connectivity index (χ4v) is 2.54. The molecule has 90 valence electrons. The van der Waals surface area contributed by atoms with Crippen molar-refractivity contribution in [3.63, 3.8) is 0 Å². The molecule has 1 N–H and O–H groups in total. The summed E-state index contributed by atoms with van der Waals surface area (Å²) >= 11 is 0. The number of hydrogen-bond acceptors (Lipinski definition) is 2. The Balaban J connectivity index is 2.00. The van der Waals surface area contributed by atoms with E-state index in [1.807, 2.05) is 0 Å². The van der Waals surface area contributed by atoms with E-state index in [-0.39, 0.29) is 24.9 Å². The zero-order valence-electron chi connectivity index (χ0n) is 8.20. The molecule has 1 amide bonds. The molecule has 2 fully saturated rings. The molecule has 2 rings (SSSR count). The minimum absolute atomic E-state index is 0.0345. The molecular weight excluding hydrogens is 227 g/mol. The summed E-state index contributed by atoms with van der Waals surface area (Å²) in [5.41, 5.74) is 0. The third-order valence-corrected chi connectivity index (χ3v) is 3.41. The minimum Gasteiger partial charge on any atom is -0.481 e. The van der Waals surface area contributed by atoms with E-state index in [1.54, 1.807) is 0 Å². The molecule has 1 saturated heterocycles. The number of halogens is 3. The number of rotatable bonds is 1. The maximum Gasteiger partial charge on any atom is 0.471 e. The van der Waals surface area contributed by atoms with E-state index in [2.05, 4.69) is 0 Å². The molecule has 1 aliphatic heterocycles. The number of nitrogens with zero attached hydrogens (tertiary/aromatic N) is 1. The number of carbonyl (C=O) groups is 2. The second-order valence-corrected chi connectivity index (χ2v) is 4.31. The average molecular weight is 237 g/mol. The van der Waals surface area contributed by atoms with Crippen molar-refractivity contribution in [3.05, 3.63) is 0 Å². The van der Waals surface area contributed by atoms with Gasteiger partial charge in [-0.05, 0) is 18.3 Å². The number of likely N-dealkylation sites (tertiary alicyclic amines) is 1. The molecule has 1 saturated carbocycles. The number of aliphatic carboxylic acids is 1. The van der Waals surface area contributed by atoms with Crippen molar-refractivity contribution in [2.24, 2.45) is 17.8 Å². The first-order valence-corrected chi connectivity index (χ1v) is 4.89. The van der Waals surface area contributed by atoms with Crippen LogP contribution in [0.2, 0.25) is 0 Å². The van der Waals surface area contributed by atoms with Crippen LogP contribution in [0.15, 0.2) is 0 Å². The molecule has 1 aliphatic carbocycles. The highest BCUT2D eigenvalue weighted by atomic mass is 19.4. The minimum atomic E-state index is -4.86. The van der Waals surface area contributed by atoms with Gasteiger partial charge in [-0.15, -0.1) is 0 Å². The van der Waals surface area contributed by atoms with Gasteiger partial charge in [0.1, 0.15) is 0 Å². The third kappa shape index (κ3) is 1.64. The number of amides is 1. The Labute approximate surface area is 89.0 Å². The number of hydrogen-bond donors (Lipinski definition) is 1. The van der Waals surface area contributed by atoms with E-state index in [4.69, 9.17) is 5.11 Å². The van der Waals surface area contributed by atoms with E-state index < -0.39 is 24.0 Å². The van der Waals surface area contributed by atoms with Crippen LogP contribution in [0.4, 0.5) is 13.2 Å². The Morgan fingerprint density at radius 1 is 1.25 bits per heavy atom. The summed E-state index contributed by atoms with van der Waals surface area (Å²) in [5, 5.41) is 8.74. The molecule has 7 heteroatoms. The van der Waals surface area contributed by atoms with Crippen LogP contribution in [0, 0.1) is 17.8 Å². The van der Waals surface area contributed by atoms with Crippen LogP contribution < -0.4 is 0 Å². The van der Waals surface area contributed by atoms with Crippen molar-refractivity contribution >= 4 is 11.9 Å². The molecule has 2 aliphatic rings. The topological polar surface area (TPSA) is 57.6 Å². The van der Waals surface area contributed by atoms with Gasteiger partial charge < -0.3 is 10.0 Å². The summed E-state index contributed by atoms with van der Waals surface area (Å²) in [6.45, 7) is -0.0488. The van der Waals surface area contributed by atoms with Gasteiger partial charge in [-0.2, -0.15) is 13.2 Å². The molecule has 3 atom stereocenters. The first-order chi connectivity index (χ1) is 7.30. The fourth-order valence-electron chi connectivity index (χ4n) is 2.54. The number of alkyl halides is 3. The van der Waals surface area contributed by atoms with E-state index in [9.17, 15) is 22.8 Å². The summed E-state index contributed by atoms with van der Waals surface area (Å²) in [6.07, 6.45) is -4.48. The van der Waals surface area contributed by atoms with Crippen LogP contribution in [-0.2, 0) is 9.59 Å². The largest absolute Gasteiger partial charge is 0.481 e. The first-order valence-electron chi connectivity index (χ1n) is 4.89. The maximum absolute atomic E-state index is 12.1. The maximum atomic E-state index is 12.1. The monoisotopic (exact) mass is 237 g/mol. The summed E-state index contributed by atoms with van der Waals surface area (Å²) < 4.78 is 36.4. The van der Waals surface area contributed by atoms with E-state index in [0.717, 1.165) is 4.90 Å². The molecule has 1 heterocycles. The molecular formula is C9H10F3NO3. The van der Waals surface area contributed by atoms with Crippen molar-refractivity contribution in [1.29, 1.82) is 0 Å². The molecule has 16 heavy (non-hydrogen) atoms. The van der Waals surface area contributed by atoms with Gasteiger partial charge in [-0.1, -0.05) is 0 Å². The van der Waals surface area contributed by atoms with Crippen LogP contribution in [0.25, 0.3) is 0 Å². The Hall–Kier alpha value is -1.27. The zero-order chi connectivity index (χ0) is 12.1. The molecule has 0 radical (unpaired) electrons. The van der Waals surface area contributed by atoms with Crippen molar-refractivity contribution in [1.82, 2.24) is 4.90 Å². The standard InChI is InChI=1S/C9H10F3NO3/c10-9(11,12)8(16)13-2-4-1-5(7(14)15)6(4)3-13/h4-6H,1-3H2,(H,14,15)/t4-,5+,6+/m0/s1. The van der Waals surface area contributed by atoms with Gasteiger partial charge in [0.2, 0.25) is 0 Å².